The summed E-state index contributed by atoms with van der Waals surface area (Å²) < 4.78 is 4.92. The number of unbranched alkanes of at least 4 members (excludes halogenated alkanes) is 1. The molecule has 0 aliphatic heterocycles. The molecule has 1 aromatic heterocycles. The molecule has 0 aliphatic rings. The van der Waals surface area contributed by atoms with E-state index in [2.05, 4.69) is 29.4 Å². The fraction of sp³-hybridized carbons (Fsp3) is 0.389. The highest BCUT2D eigenvalue weighted by Crippen LogP contribution is 2.25. The van der Waals surface area contributed by atoms with Gasteiger partial charge < -0.3 is 4.74 Å². The number of esters is 1. The first-order valence-electron chi connectivity index (χ1n) is 8.12. The number of rotatable bonds is 8. The molecule has 0 radical (unpaired) electrons. The number of nitrogens with one attached hydrogen (secondary N) is 1. The fourth-order valence-corrected chi connectivity index (χ4v) is 2.81. The number of aromatic nitrogens is 1. The summed E-state index contributed by atoms with van der Waals surface area (Å²) in [5, 5.41) is 5.05. The number of ether oxygens (including phenoxy) is 1. The third kappa shape index (κ3) is 5.45. The minimum Gasteiger partial charge on any atom is -0.456 e. The van der Waals surface area contributed by atoms with Gasteiger partial charge in [0, 0.05) is 17.4 Å². The van der Waals surface area contributed by atoms with Crippen LogP contribution in [0.4, 0.5) is 5.13 Å². The molecule has 1 heterocycles. The molecule has 1 aromatic carbocycles. The number of anilines is 1. The molecule has 2 aromatic rings. The second-order valence-corrected chi connectivity index (χ2v) is 6.26. The monoisotopic (exact) mass is 346 g/mol. The Morgan fingerprint density at radius 2 is 1.96 bits per heavy atom. The van der Waals surface area contributed by atoms with E-state index < -0.39 is 0 Å². The summed E-state index contributed by atoms with van der Waals surface area (Å²) in [5.41, 5.74) is 3.10. The average Bonchev–Trinajstić information content (AvgIpc) is 3.06. The summed E-state index contributed by atoms with van der Waals surface area (Å²) in [7, 11) is 0. The standard InChI is InChI=1S/C18H22N2O3S/c1-3-5-6-17(22)23-11-16(21)20-18-19-15(12-24-18)14-9-7-13(4-2)8-10-14/h7-10,12H,3-6,11H2,1-2H3,(H,19,20,21). The molecular weight excluding hydrogens is 324 g/mol. The molecule has 0 spiro atoms. The summed E-state index contributed by atoms with van der Waals surface area (Å²) in [5.74, 6) is -0.718. The Labute approximate surface area is 146 Å². The summed E-state index contributed by atoms with van der Waals surface area (Å²) in [4.78, 5) is 27.6. The third-order valence-electron chi connectivity index (χ3n) is 3.51. The van der Waals surface area contributed by atoms with E-state index in [-0.39, 0.29) is 18.5 Å². The maximum absolute atomic E-state index is 11.8. The Balaban J connectivity index is 1.86. The zero-order chi connectivity index (χ0) is 17.4. The molecule has 0 aliphatic carbocycles. The van der Waals surface area contributed by atoms with Crippen molar-refractivity contribution >= 4 is 28.3 Å². The molecule has 0 fully saturated rings. The van der Waals surface area contributed by atoms with E-state index in [4.69, 9.17) is 4.74 Å². The number of thiazole rings is 1. The SMILES string of the molecule is CCCCC(=O)OCC(=O)Nc1nc(-c2ccc(CC)cc2)cs1. The topological polar surface area (TPSA) is 68.3 Å². The van der Waals surface area contributed by atoms with Crippen molar-refractivity contribution in [2.24, 2.45) is 0 Å². The lowest BCUT2D eigenvalue weighted by Crippen LogP contribution is -2.20. The number of benzene rings is 1. The quantitative estimate of drug-likeness (QED) is 0.732. The average molecular weight is 346 g/mol. The van der Waals surface area contributed by atoms with Gasteiger partial charge >= 0.3 is 5.97 Å². The van der Waals surface area contributed by atoms with Gasteiger partial charge in [0.15, 0.2) is 11.7 Å². The van der Waals surface area contributed by atoms with Gasteiger partial charge in [-0.1, -0.05) is 44.5 Å². The van der Waals surface area contributed by atoms with E-state index in [0.29, 0.717) is 11.6 Å². The van der Waals surface area contributed by atoms with E-state index >= 15 is 0 Å². The molecule has 0 bridgehead atoms. The Bertz CT molecular complexity index is 680. The molecule has 0 saturated heterocycles. The lowest BCUT2D eigenvalue weighted by Gasteiger charge is -2.04. The van der Waals surface area contributed by atoms with Gasteiger partial charge in [0.1, 0.15) is 0 Å². The summed E-state index contributed by atoms with van der Waals surface area (Å²) in [6, 6.07) is 8.19. The first-order valence-corrected chi connectivity index (χ1v) is 9.00. The maximum Gasteiger partial charge on any atom is 0.306 e. The van der Waals surface area contributed by atoms with Gasteiger partial charge in [-0.05, 0) is 18.4 Å². The Morgan fingerprint density at radius 3 is 2.62 bits per heavy atom. The van der Waals surface area contributed by atoms with Crippen molar-refractivity contribution in [2.75, 3.05) is 11.9 Å². The zero-order valence-corrected chi connectivity index (χ0v) is 14.8. The molecule has 128 valence electrons. The maximum atomic E-state index is 11.8. The zero-order valence-electron chi connectivity index (χ0n) is 14.0. The van der Waals surface area contributed by atoms with Crippen molar-refractivity contribution in [1.29, 1.82) is 0 Å². The van der Waals surface area contributed by atoms with Crippen LogP contribution in [-0.4, -0.2) is 23.5 Å². The number of hydrogen-bond donors (Lipinski definition) is 1. The Hall–Kier alpha value is -2.21. The molecule has 1 N–H and O–H groups in total. The number of amides is 1. The van der Waals surface area contributed by atoms with Gasteiger partial charge in [0.05, 0.1) is 5.69 Å². The van der Waals surface area contributed by atoms with E-state index in [1.54, 1.807) is 0 Å². The molecular formula is C18H22N2O3S. The lowest BCUT2D eigenvalue weighted by atomic mass is 10.1. The number of aryl methyl sites for hydroxylation is 1. The third-order valence-corrected chi connectivity index (χ3v) is 4.26. The molecule has 6 heteroatoms. The fourth-order valence-electron chi connectivity index (χ4n) is 2.07. The van der Waals surface area contributed by atoms with Crippen molar-refractivity contribution in [3.05, 3.63) is 35.2 Å². The van der Waals surface area contributed by atoms with Crippen molar-refractivity contribution < 1.29 is 14.3 Å². The lowest BCUT2D eigenvalue weighted by molar-refractivity contribution is -0.147. The highest BCUT2D eigenvalue weighted by molar-refractivity contribution is 7.14. The summed E-state index contributed by atoms with van der Waals surface area (Å²) in [6.07, 6.45) is 3.03. The predicted molar refractivity (Wildman–Crippen MR) is 96.0 cm³/mol. The highest BCUT2D eigenvalue weighted by Gasteiger charge is 2.10. The van der Waals surface area contributed by atoms with Gasteiger partial charge in [-0.15, -0.1) is 11.3 Å². The van der Waals surface area contributed by atoms with Crippen LogP contribution >= 0.6 is 11.3 Å². The minimum atomic E-state index is -0.373. The smallest absolute Gasteiger partial charge is 0.306 e. The molecule has 0 atom stereocenters. The normalized spacial score (nSPS) is 10.4. The van der Waals surface area contributed by atoms with Crippen LogP contribution in [0.2, 0.25) is 0 Å². The van der Waals surface area contributed by atoms with Gasteiger partial charge in [0.2, 0.25) is 0 Å². The van der Waals surface area contributed by atoms with Crippen LogP contribution in [0.3, 0.4) is 0 Å². The second-order valence-electron chi connectivity index (χ2n) is 5.40. The van der Waals surface area contributed by atoms with Crippen LogP contribution in [0.25, 0.3) is 11.3 Å². The largest absolute Gasteiger partial charge is 0.456 e. The van der Waals surface area contributed by atoms with Gasteiger partial charge in [-0.25, -0.2) is 4.98 Å². The van der Waals surface area contributed by atoms with Crippen LogP contribution in [0.5, 0.6) is 0 Å². The Kier molecular flexibility index (Phi) is 6.93. The Morgan fingerprint density at radius 1 is 1.21 bits per heavy atom. The minimum absolute atomic E-state index is 0.275. The number of nitrogens with zero attached hydrogens (tertiary/aromatic N) is 1. The van der Waals surface area contributed by atoms with Crippen molar-refractivity contribution in [2.45, 2.75) is 39.5 Å². The molecule has 0 saturated carbocycles. The van der Waals surface area contributed by atoms with Gasteiger partial charge in [-0.3, -0.25) is 14.9 Å². The summed E-state index contributed by atoms with van der Waals surface area (Å²) in [6.45, 7) is 3.83. The van der Waals surface area contributed by atoms with E-state index in [1.807, 2.05) is 24.4 Å². The number of carbonyl (C=O) groups excluding carboxylic acids is 2. The van der Waals surface area contributed by atoms with E-state index in [1.165, 1.54) is 16.9 Å². The van der Waals surface area contributed by atoms with Crippen LogP contribution in [0.1, 0.15) is 38.7 Å². The van der Waals surface area contributed by atoms with E-state index in [0.717, 1.165) is 30.5 Å². The van der Waals surface area contributed by atoms with Crippen LogP contribution < -0.4 is 5.32 Å². The first-order chi connectivity index (χ1) is 11.6. The van der Waals surface area contributed by atoms with Gasteiger partial charge in [-0.2, -0.15) is 0 Å². The van der Waals surface area contributed by atoms with Crippen LogP contribution in [-0.2, 0) is 20.7 Å². The highest BCUT2D eigenvalue weighted by atomic mass is 32.1. The van der Waals surface area contributed by atoms with Crippen LogP contribution in [0, 0.1) is 0 Å². The second kappa shape index (κ2) is 9.17. The molecule has 5 nitrogen and oxygen atoms in total. The predicted octanol–water partition coefficient (Wildman–Crippen LogP) is 4.04. The van der Waals surface area contributed by atoms with Crippen LogP contribution in [0.15, 0.2) is 29.6 Å². The van der Waals surface area contributed by atoms with E-state index in [9.17, 15) is 9.59 Å². The molecule has 0 unspecified atom stereocenters. The number of hydrogen-bond acceptors (Lipinski definition) is 5. The first kappa shape index (κ1) is 18.1. The van der Waals surface area contributed by atoms with Gasteiger partial charge in [0.25, 0.3) is 5.91 Å². The van der Waals surface area contributed by atoms with Crippen molar-refractivity contribution in [3.63, 3.8) is 0 Å². The molecule has 1 amide bonds. The molecule has 2 rings (SSSR count). The van der Waals surface area contributed by atoms with Crippen molar-refractivity contribution in [3.8, 4) is 11.3 Å². The molecule has 24 heavy (non-hydrogen) atoms. The number of carbonyl (C=O) groups is 2. The van der Waals surface area contributed by atoms with Crippen molar-refractivity contribution in [1.82, 2.24) is 4.98 Å². The summed E-state index contributed by atoms with van der Waals surface area (Å²) >= 11 is 1.35.